The molecule has 0 nitrogen and oxygen atoms in total. The van der Waals surface area contributed by atoms with Gasteiger partial charge in [-0.25, -0.2) is 0 Å². The van der Waals surface area contributed by atoms with E-state index in [-0.39, 0.29) is 0 Å². The molecular formula is C29H52. The first-order valence-corrected chi connectivity index (χ1v) is 13.4. The van der Waals surface area contributed by atoms with Gasteiger partial charge in [-0.1, -0.05) is 140 Å². The van der Waals surface area contributed by atoms with E-state index in [2.05, 4.69) is 39.0 Å². The third kappa shape index (κ3) is 15.7. The Bertz CT molecular complexity index is 433. The van der Waals surface area contributed by atoms with Gasteiger partial charge in [0.15, 0.2) is 0 Å². The fourth-order valence-electron chi connectivity index (χ4n) is 4.52. The van der Waals surface area contributed by atoms with Crippen molar-refractivity contribution in [3.63, 3.8) is 0 Å². The molecule has 29 heavy (non-hydrogen) atoms. The van der Waals surface area contributed by atoms with Crippen LogP contribution in [0.15, 0.2) is 18.2 Å². The number of aryl methyl sites for hydroxylation is 3. The summed E-state index contributed by atoms with van der Waals surface area (Å²) in [6.07, 6.45) is 28.2. The Morgan fingerprint density at radius 1 is 0.414 bits per heavy atom. The lowest BCUT2D eigenvalue weighted by molar-refractivity contribution is 0.563. The minimum atomic E-state index is 1.28. The van der Waals surface area contributed by atoms with Crippen LogP contribution in [0.25, 0.3) is 0 Å². The van der Waals surface area contributed by atoms with Crippen molar-refractivity contribution in [1.82, 2.24) is 0 Å². The van der Waals surface area contributed by atoms with Gasteiger partial charge in [0.2, 0.25) is 0 Å². The maximum absolute atomic E-state index is 2.50. The highest BCUT2D eigenvalue weighted by Crippen LogP contribution is 2.17. The fourth-order valence-corrected chi connectivity index (χ4v) is 4.52. The molecule has 1 rings (SSSR count). The van der Waals surface area contributed by atoms with E-state index >= 15 is 0 Å². The molecule has 0 N–H and O–H groups in total. The van der Waals surface area contributed by atoms with E-state index in [1.807, 2.05) is 0 Å². The summed E-state index contributed by atoms with van der Waals surface area (Å²) in [5.41, 5.74) is 4.63. The van der Waals surface area contributed by atoms with Crippen molar-refractivity contribution in [2.24, 2.45) is 0 Å². The number of hydrogen-bond acceptors (Lipinski definition) is 0. The van der Waals surface area contributed by atoms with E-state index in [0.29, 0.717) is 0 Å². The van der Waals surface area contributed by atoms with Gasteiger partial charge in [0.1, 0.15) is 0 Å². The van der Waals surface area contributed by atoms with Crippen LogP contribution in [-0.4, -0.2) is 0 Å². The predicted octanol–water partition coefficient (Wildman–Crippen LogP) is 10.1. The van der Waals surface area contributed by atoms with Crippen LogP contribution in [0.4, 0.5) is 0 Å². The lowest BCUT2D eigenvalue weighted by Gasteiger charge is -2.08. The fraction of sp³-hybridized carbons (Fsp3) is 0.793. The summed E-state index contributed by atoms with van der Waals surface area (Å²) in [5.74, 6) is 0. The zero-order valence-electron chi connectivity index (χ0n) is 20.4. The first kappa shape index (κ1) is 26.3. The molecule has 0 aliphatic rings. The predicted molar refractivity (Wildman–Crippen MR) is 133 cm³/mol. The maximum atomic E-state index is 2.50. The van der Waals surface area contributed by atoms with Gasteiger partial charge < -0.3 is 0 Å². The van der Waals surface area contributed by atoms with Crippen LogP contribution in [0, 0.1) is 6.92 Å². The molecule has 0 heteroatoms. The highest BCUT2D eigenvalue weighted by atomic mass is 14.1. The van der Waals surface area contributed by atoms with Gasteiger partial charge in [-0.05, 0) is 43.7 Å². The third-order valence-corrected chi connectivity index (χ3v) is 6.33. The molecule has 0 saturated carbocycles. The van der Waals surface area contributed by atoms with Crippen molar-refractivity contribution in [2.75, 3.05) is 0 Å². The smallest absolute Gasteiger partial charge is 0.0279 e. The van der Waals surface area contributed by atoms with Gasteiger partial charge >= 0.3 is 0 Å². The Labute approximate surface area is 184 Å². The number of benzene rings is 1. The molecule has 0 fully saturated rings. The second-order valence-corrected chi connectivity index (χ2v) is 9.48. The Morgan fingerprint density at radius 2 is 0.724 bits per heavy atom. The van der Waals surface area contributed by atoms with Gasteiger partial charge in [-0.3, -0.25) is 0 Å². The van der Waals surface area contributed by atoms with Crippen LogP contribution in [0.1, 0.15) is 146 Å². The van der Waals surface area contributed by atoms with E-state index in [4.69, 9.17) is 0 Å². The minimum absolute atomic E-state index is 1.28. The summed E-state index contributed by atoms with van der Waals surface area (Å²) in [6.45, 7) is 6.87. The Kier molecular flexibility index (Phi) is 17.4. The first-order chi connectivity index (χ1) is 14.3. The van der Waals surface area contributed by atoms with E-state index in [0.717, 1.165) is 0 Å². The van der Waals surface area contributed by atoms with Crippen LogP contribution in [0.5, 0.6) is 0 Å². The summed E-state index contributed by atoms with van der Waals surface area (Å²) < 4.78 is 0. The summed E-state index contributed by atoms with van der Waals surface area (Å²) in [4.78, 5) is 0. The number of hydrogen-bond donors (Lipinski definition) is 0. The largest absolute Gasteiger partial charge is 0.0654 e. The zero-order valence-corrected chi connectivity index (χ0v) is 20.4. The van der Waals surface area contributed by atoms with Crippen LogP contribution >= 0.6 is 0 Å². The SMILES string of the molecule is CCCCCCCCCCCc1cc(C)cc(CCCCCCCCCCC)c1. The van der Waals surface area contributed by atoms with E-state index < -0.39 is 0 Å². The molecule has 0 heterocycles. The van der Waals surface area contributed by atoms with Gasteiger partial charge in [0.25, 0.3) is 0 Å². The van der Waals surface area contributed by atoms with Gasteiger partial charge in [-0.15, -0.1) is 0 Å². The molecule has 0 aliphatic carbocycles. The quantitative estimate of drug-likeness (QED) is 0.191. The normalized spacial score (nSPS) is 11.3. The molecule has 0 spiro atoms. The lowest BCUT2D eigenvalue weighted by Crippen LogP contribution is -1.93. The first-order valence-electron chi connectivity index (χ1n) is 13.4. The Morgan fingerprint density at radius 3 is 1.07 bits per heavy atom. The number of rotatable bonds is 20. The summed E-state index contributed by atoms with van der Waals surface area (Å²) in [5, 5.41) is 0. The molecule has 0 saturated heterocycles. The highest BCUT2D eigenvalue weighted by molar-refractivity contribution is 5.29. The van der Waals surface area contributed by atoms with E-state index in [9.17, 15) is 0 Å². The van der Waals surface area contributed by atoms with Crippen molar-refractivity contribution < 1.29 is 0 Å². The summed E-state index contributed by atoms with van der Waals surface area (Å²) >= 11 is 0. The number of unbranched alkanes of at least 4 members (excludes halogenated alkanes) is 16. The minimum Gasteiger partial charge on any atom is -0.0654 e. The third-order valence-electron chi connectivity index (χ3n) is 6.33. The molecule has 0 unspecified atom stereocenters. The van der Waals surface area contributed by atoms with Crippen molar-refractivity contribution in [3.8, 4) is 0 Å². The molecule has 0 atom stereocenters. The molecule has 0 aliphatic heterocycles. The average Bonchev–Trinajstić information content (AvgIpc) is 2.71. The van der Waals surface area contributed by atoms with Crippen molar-refractivity contribution in [3.05, 3.63) is 34.9 Å². The molecule has 0 aromatic heterocycles. The molecule has 168 valence electrons. The van der Waals surface area contributed by atoms with Crippen molar-refractivity contribution in [1.29, 1.82) is 0 Å². The van der Waals surface area contributed by atoms with Crippen molar-refractivity contribution >= 4 is 0 Å². The lowest BCUT2D eigenvalue weighted by atomic mass is 9.97. The van der Waals surface area contributed by atoms with E-state index in [1.165, 1.54) is 134 Å². The zero-order chi connectivity index (χ0) is 21.0. The van der Waals surface area contributed by atoms with Crippen LogP contribution < -0.4 is 0 Å². The topological polar surface area (TPSA) is 0 Å². The Hall–Kier alpha value is -0.780. The second kappa shape index (κ2) is 19.2. The monoisotopic (exact) mass is 400 g/mol. The molecule has 0 radical (unpaired) electrons. The van der Waals surface area contributed by atoms with Crippen molar-refractivity contribution in [2.45, 2.75) is 149 Å². The summed E-state index contributed by atoms with van der Waals surface area (Å²) in [7, 11) is 0. The van der Waals surface area contributed by atoms with Crippen LogP contribution in [0.3, 0.4) is 0 Å². The van der Waals surface area contributed by atoms with Gasteiger partial charge in [0.05, 0.1) is 0 Å². The maximum Gasteiger partial charge on any atom is -0.0279 e. The summed E-state index contributed by atoms with van der Waals surface area (Å²) in [6, 6.07) is 7.34. The standard InChI is InChI=1S/C29H52/c1-4-6-8-10-12-14-16-18-20-22-28-24-27(3)25-29(26-28)23-21-19-17-15-13-11-9-7-5-2/h24-26H,4-23H2,1-3H3. The van der Waals surface area contributed by atoms with E-state index in [1.54, 1.807) is 11.1 Å². The van der Waals surface area contributed by atoms with Crippen LogP contribution in [-0.2, 0) is 12.8 Å². The molecular weight excluding hydrogens is 348 g/mol. The molecule has 1 aromatic carbocycles. The van der Waals surface area contributed by atoms with Gasteiger partial charge in [0, 0.05) is 0 Å². The molecule has 0 bridgehead atoms. The molecule has 0 amide bonds. The molecule has 1 aromatic rings. The highest BCUT2D eigenvalue weighted by Gasteiger charge is 2.01. The Balaban J connectivity index is 2.09. The average molecular weight is 401 g/mol. The second-order valence-electron chi connectivity index (χ2n) is 9.48. The van der Waals surface area contributed by atoms with Crippen LogP contribution in [0.2, 0.25) is 0 Å². The van der Waals surface area contributed by atoms with Gasteiger partial charge in [-0.2, -0.15) is 0 Å².